The van der Waals surface area contributed by atoms with Gasteiger partial charge >= 0.3 is 6.61 Å². The number of nitrogens with one attached hydrogen (secondary N) is 1. The van der Waals surface area contributed by atoms with Gasteiger partial charge < -0.3 is 10.1 Å². The van der Waals surface area contributed by atoms with E-state index in [0.29, 0.717) is 5.02 Å². The molecule has 2 aromatic rings. The summed E-state index contributed by atoms with van der Waals surface area (Å²) in [5.74, 6) is -1.03. The van der Waals surface area contributed by atoms with E-state index < -0.39 is 12.5 Å². The number of carbonyl (C=O) groups is 1. The standard InChI is InChI=1S/C13H8Cl2F2N2O2/c14-7-3-4-9(15)8(6-7)12(20)19-11-10(21-13(16)17)2-1-5-18-11/h1-6,13H,(H,18,19,20). The summed E-state index contributed by atoms with van der Waals surface area (Å²) >= 11 is 11.7. The highest BCUT2D eigenvalue weighted by atomic mass is 35.5. The van der Waals surface area contributed by atoms with E-state index >= 15 is 0 Å². The number of amides is 1. The Hall–Kier alpha value is -1.92. The molecular formula is C13H8Cl2F2N2O2. The molecule has 2 rings (SSSR count). The Morgan fingerprint density at radius 1 is 1.29 bits per heavy atom. The molecule has 21 heavy (non-hydrogen) atoms. The van der Waals surface area contributed by atoms with Gasteiger partial charge in [-0.05, 0) is 30.3 Å². The van der Waals surface area contributed by atoms with Crippen LogP contribution < -0.4 is 10.1 Å². The van der Waals surface area contributed by atoms with Gasteiger partial charge in [-0.3, -0.25) is 4.79 Å². The van der Waals surface area contributed by atoms with Gasteiger partial charge in [0, 0.05) is 11.2 Å². The van der Waals surface area contributed by atoms with Gasteiger partial charge in [0.15, 0.2) is 11.6 Å². The predicted molar refractivity (Wildman–Crippen MR) is 75.3 cm³/mol. The molecule has 0 saturated carbocycles. The minimum atomic E-state index is -3.03. The van der Waals surface area contributed by atoms with Crippen LogP contribution in [0.15, 0.2) is 36.5 Å². The maximum Gasteiger partial charge on any atom is 0.387 e. The Bertz CT molecular complexity index is 668. The third kappa shape index (κ3) is 4.03. The van der Waals surface area contributed by atoms with Crippen LogP contribution in [0.2, 0.25) is 10.0 Å². The second kappa shape index (κ2) is 6.69. The first-order valence-electron chi connectivity index (χ1n) is 5.63. The molecule has 0 aliphatic carbocycles. The van der Waals surface area contributed by atoms with Gasteiger partial charge in [0.05, 0.1) is 10.6 Å². The van der Waals surface area contributed by atoms with Gasteiger partial charge in [-0.15, -0.1) is 0 Å². The highest BCUT2D eigenvalue weighted by Gasteiger charge is 2.16. The van der Waals surface area contributed by atoms with Gasteiger partial charge in [0.2, 0.25) is 0 Å². The third-order valence-electron chi connectivity index (χ3n) is 2.39. The molecule has 0 atom stereocenters. The molecule has 0 unspecified atom stereocenters. The van der Waals surface area contributed by atoms with Crippen molar-refractivity contribution >= 4 is 34.9 Å². The normalized spacial score (nSPS) is 10.5. The largest absolute Gasteiger partial charge is 0.431 e. The van der Waals surface area contributed by atoms with Crippen molar-refractivity contribution in [3.63, 3.8) is 0 Å². The summed E-state index contributed by atoms with van der Waals surface area (Å²) in [6.45, 7) is -3.03. The lowest BCUT2D eigenvalue weighted by molar-refractivity contribution is -0.0495. The monoisotopic (exact) mass is 332 g/mol. The molecule has 1 N–H and O–H groups in total. The average molecular weight is 333 g/mol. The zero-order valence-corrected chi connectivity index (χ0v) is 11.8. The van der Waals surface area contributed by atoms with Crippen LogP contribution >= 0.6 is 23.2 Å². The van der Waals surface area contributed by atoms with Crippen molar-refractivity contribution in [2.75, 3.05) is 5.32 Å². The van der Waals surface area contributed by atoms with Crippen LogP contribution in [0, 0.1) is 0 Å². The maximum atomic E-state index is 12.3. The van der Waals surface area contributed by atoms with Crippen LogP contribution in [0.25, 0.3) is 0 Å². The number of hydrogen-bond acceptors (Lipinski definition) is 3. The molecule has 0 bridgehead atoms. The number of aromatic nitrogens is 1. The van der Waals surface area contributed by atoms with Crippen LogP contribution in [-0.4, -0.2) is 17.5 Å². The number of hydrogen-bond donors (Lipinski definition) is 1. The highest BCUT2D eigenvalue weighted by Crippen LogP contribution is 2.26. The van der Waals surface area contributed by atoms with Crippen LogP contribution in [0.1, 0.15) is 10.4 Å². The van der Waals surface area contributed by atoms with Crippen molar-refractivity contribution in [1.29, 1.82) is 0 Å². The Morgan fingerprint density at radius 3 is 2.76 bits per heavy atom. The van der Waals surface area contributed by atoms with Gasteiger partial charge in [-0.25, -0.2) is 4.98 Å². The molecule has 0 saturated heterocycles. The fraction of sp³-hybridized carbons (Fsp3) is 0.0769. The van der Waals surface area contributed by atoms with Crippen LogP contribution in [0.4, 0.5) is 14.6 Å². The topological polar surface area (TPSA) is 51.2 Å². The molecule has 1 heterocycles. The average Bonchev–Trinajstić information content (AvgIpc) is 2.43. The number of benzene rings is 1. The van der Waals surface area contributed by atoms with Crippen molar-refractivity contribution < 1.29 is 18.3 Å². The Morgan fingerprint density at radius 2 is 2.05 bits per heavy atom. The lowest BCUT2D eigenvalue weighted by atomic mass is 10.2. The first-order valence-corrected chi connectivity index (χ1v) is 6.39. The van der Waals surface area contributed by atoms with E-state index in [2.05, 4.69) is 15.0 Å². The first-order chi connectivity index (χ1) is 9.97. The lowest BCUT2D eigenvalue weighted by Crippen LogP contribution is -2.15. The Balaban J connectivity index is 2.25. The fourth-order valence-electron chi connectivity index (χ4n) is 1.52. The van der Waals surface area contributed by atoms with Crippen molar-refractivity contribution in [2.24, 2.45) is 0 Å². The van der Waals surface area contributed by atoms with Crippen LogP contribution in [-0.2, 0) is 0 Å². The summed E-state index contributed by atoms with van der Waals surface area (Å²) in [7, 11) is 0. The van der Waals surface area contributed by atoms with Gasteiger partial charge in [0.25, 0.3) is 5.91 Å². The summed E-state index contributed by atoms with van der Waals surface area (Å²) in [6.07, 6.45) is 1.33. The summed E-state index contributed by atoms with van der Waals surface area (Å²) in [5.41, 5.74) is 0.0952. The molecule has 1 aromatic carbocycles. The van der Waals surface area contributed by atoms with E-state index in [0.717, 1.165) is 0 Å². The number of alkyl halides is 2. The molecule has 0 radical (unpaired) electrons. The second-order valence-electron chi connectivity index (χ2n) is 3.81. The zero-order chi connectivity index (χ0) is 15.4. The van der Waals surface area contributed by atoms with E-state index in [1.165, 1.54) is 36.5 Å². The SMILES string of the molecule is O=C(Nc1ncccc1OC(F)F)c1cc(Cl)ccc1Cl. The lowest BCUT2D eigenvalue weighted by Gasteiger charge is -2.11. The number of anilines is 1. The van der Waals surface area contributed by atoms with E-state index in [1.807, 2.05) is 0 Å². The molecule has 4 nitrogen and oxygen atoms in total. The zero-order valence-electron chi connectivity index (χ0n) is 10.3. The van der Waals surface area contributed by atoms with E-state index in [4.69, 9.17) is 23.2 Å². The van der Waals surface area contributed by atoms with E-state index in [-0.39, 0.29) is 22.2 Å². The molecule has 110 valence electrons. The number of ether oxygens (including phenoxy) is 1. The molecule has 1 amide bonds. The highest BCUT2D eigenvalue weighted by molar-refractivity contribution is 6.36. The summed E-state index contributed by atoms with van der Waals surface area (Å²) in [6, 6.07) is 6.99. The summed E-state index contributed by atoms with van der Waals surface area (Å²) in [5, 5.41) is 2.83. The smallest absolute Gasteiger partial charge is 0.387 e. The van der Waals surface area contributed by atoms with Gasteiger partial charge in [-0.1, -0.05) is 23.2 Å². The molecule has 1 aromatic heterocycles. The van der Waals surface area contributed by atoms with Crippen molar-refractivity contribution in [3.8, 4) is 5.75 Å². The van der Waals surface area contributed by atoms with Crippen molar-refractivity contribution in [2.45, 2.75) is 6.61 Å². The van der Waals surface area contributed by atoms with Crippen molar-refractivity contribution in [1.82, 2.24) is 4.98 Å². The number of carbonyl (C=O) groups excluding carboxylic acids is 1. The number of pyridine rings is 1. The molecule has 0 fully saturated rings. The minimum Gasteiger partial charge on any atom is -0.431 e. The molecule has 0 spiro atoms. The summed E-state index contributed by atoms with van der Waals surface area (Å²) < 4.78 is 28.8. The molecular weight excluding hydrogens is 325 g/mol. The van der Waals surface area contributed by atoms with E-state index in [1.54, 1.807) is 0 Å². The molecule has 0 aliphatic heterocycles. The van der Waals surface area contributed by atoms with E-state index in [9.17, 15) is 13.6 Å². The third-order valence-corrected chi connectivity index (χ3v) is 2.96. The van der Waals surface area contributed by atoms with Gasteiger partial charge in [0.1, 0.15) is 0 Å². The molecule has 8 heteroatoms. The maximum absolute atomic E-state index is 12.3. The summed E-state index contributed by atoms with van der Waals surface area (Å²) in [4.78, 5) is 15.9. The van der Waals surface area contributed by atoms with Crippen molar-refractivity contribution in [3.05, 3.63) is 52.1 Å². The van der Waals surface area contributed by atoms with Crippen LogP contribution in [0.3, 0.4) is 0 Å². The first kappa shape index (κ1) is 15.5. The second-order valence-corrected chi connectivity index (χ2v) is 4.65. The Kier molecular flexibility index (Phi) is 4.93. The fourth-order valence-corrected chi connectivity index (χ4v) is 1.90. The number of nitrogens with zero attached hydrogens (tertiary/aromatic N) is 1. The molecule has 0 aliphatic rings. The minimum absolute atomic E-state index is 0.0952. The van der Waals surface area contributed by atoms with Gasteiger partial charge in [-0.2, -0.15) is 8.78 Å². The Labute approximate surface area is 128 Å². The number of halogens is 4. The quantitative estimate of drug-likeness (QED) is 0.910. The number of rotatable bonds is 4. The predicted octanol–water partition coefficient (Wildman–Crippen LogP) is 4.24. The van der Waals surface area contributed by atoms with Crippen LogP contribution in [0.5, 0.6) is 5.75 Å².